The second-order valence-electron chi connectivity index (χ2n) is 9.39. The first kappa shape index (κ1) is 20.5. The topological polar surface area (TPSA) is 79.8 Å². The van der Waals surface area contributed by atoms with Crippen molar-refractivity contribution in [1.29, 1.82) is 0 Å². The second-order valence-corrected chi connectivity index (χ2v) is 9.39. The van der Waals surface area contributed by atoms with Crippen LogP contribution in [0.25, 0.3) is 21.8 Å². The first-order valence-corrected chi connectivity index (χ1v) is 11.2. The molecule has 6 nitrogen and oxygen atoms in total. The van der Waals surface area contributed by atoms with Gasteiger partial charge < -0.3 is 10.3 Å². The van der Waals surface area contributed by atoms with Gasteiger partial charge in [-0.15, -0.1) is 0 Å². The van der Waals surface area contributed by atoms with Gasteiger partial charge in [0, 0.05) is 23.5 Å². The predicted octanol–water partition coefficient (Wildman–Crippen LogP) is 4.50. The van der Waals surface area contributed by atoms with Crippen LogP contribution < -0.4 is 10.9 Å². The molecule has 32 heavy (non-hydrogen) atoms. The van der Waals surface area contributed by atoms with Crippen LogP contribution in [0.3, 0.4) is 0 Å². The lowest BCUT2D eigenvalue weighted by molar-refractivity contribution is -0.126. The number of carbonyl (C=O) groups is 1. The van der Waals surface area contributed by atoms with E-state index in [4.69, 9.17) is 4.98 Å². The molecule has 2 aromatic carbocycles. The Morgan fingerprint density at radius 3 is 2.66 bits per heavy atom. The molecule has 0 saturated heterocycles. The third-order valence-corrected chi connectivity index (χ3v) is 6.40. The fourth-order valence-electron chi connectivity index (χ4n) is 5.00. The van der Waals surface area contributed by atoms with Crippen LogP contribution >= 0.6 is 0 Å². The summed E-state index contributed by atoms with van der Waals surface area (Å²) < 4.78 is 1.66. The Morgan fingerprint density at radius 1 is 1.09 bits per heavy atom. The number of aromatic nitrogens is 3. The summed E-state index contributed by atoms with van der Waals surface area (Å²) in [7, 11) is 0. The molecule has 0 radical (unpaired) electrons. The van der Waals surface area contributed by atoms with E-state index in [1.54, 1.807) is 4.57 Å². The van der Waals surface area contributed by atoms with Gasteiger partial charge in [-0.25, -0.2) is 4.98 Å². The van der Waals surface area contributed by atoms with Gasteiger partial charge in [-0.2, -0.15) is 0 Å². The minimum Gasteiger partial charge on any atom is -0.361 e. The first-order valence-electron chi connectivity index (χ1n) is 11.2. The van der Waals surface area contributed by atoms with Gasteiger partial charge in [-0.3, -0.25) is 14.2 Å². The molecule has 1 aliphatic rings. The number of amides is 1. The number of nitrogens with one attached hydrogen (secondary N) is 2. The average molecular weight is 429 g/mol. The van der Waals surface area contributed by atoms with E-state index in [0.29, 0.717) is 23.5 Å². The molecule has 5 rings (SSSR count). The van der Waals surface area contributed by atoms with Crippen molar-refractivity contribution in [2.75, 3.05) is 0 Å². The fraction of sp³-hybridized carbons (Fsp3) is 0.346. The third-order valence-electron chi connectivity index (χ3n) is 6.40. The highest BCUT2D eigenvalue weighted by molar-refractivity contribution is 5.87. The number of hydrogen-bond donors (Lipinski definition) is 2. The number of benzene rings is 2. The molecular formula is C26H28N4O2. The lowest BCUT2D eigenvalue weighted by Gasteiger charge is -2.33. The van der Waals surface area contributed by atoms with Gasteiger partial charge in [0.05, 0.1) is 16.9 Å². The summed E-state index contributed by atoms with van der Waals surface area (Å²) >= 11 is 0. The Morgan fingerprint density at radius 2 is 1.88 bits per heavy atom. The highest BCUT2D eigenvalue weighted by atomic mass is 16.2. The van der Waals surface area contributed by atoms with Crippen molar-refractivity contribution in [1.82, 2.24) is 19.9 Å². The maximum Gasteiger partial charge on any atom is 0.262 e. The van der Waals surface area contributed by atoms with E-state index in [-0.39, 0.29) is 17.5 Å². The number of para-hydroxylation sites is 1. The number of hydrogen-bond acceptors (Lipinski definition) is 3. The van der Waals surface area contributed by atoms with E-state index in [1.807, 2.05) is 56.4 Å². The van der Waals surface area contributed by atoms with E-state index in [1.165, 1.54) is 0 Å². The highest BCUT2D eigenvalue weighted by Crippen LogP contribution is 2.31. The molecule has 1 aliphatic heterocycles. The van der Waals surface area contributed by atoms with Crippen LogP contribution in [-0.2, 0) is 11.2 Å². The molecule has 0 saturated carbocycles. The normalized spacial score (nSPS) is 18.3. The van der Waals surface area contributed by atoms with Gasteiger partial charge in [0.15, 0.2) is 0 Å². The number of aromatic amines is 1. The van der Waals surface area contributed by atoms with Crippen LogP contribution in [-0.4, -0.2) is 20.4 Å². The minimum atomic E-state index is -0.641. The Labute approximate surface area is 186 Å². The van der Waals surface area contributed by atoms with Crippen LogP contribution in [0.1, 0.15) is 54.9 Å². The maximum atomic E-state index is 13.8. The molecule has 2 N–H and O–H groups in total. The molecule has 0 spiro atoms. The van der Waals surface area contributed by atoms with Gasteiger partial charge in [0.1, 0.15) is 11.9 Å². The largest absolute Gasteiger partial charge is 0.361 e. The number of H-pyrrole nitrogens is 1. The molecule has 1 unspecified atom stereocenters. The lowest BCUT2D eigenvalue weighted by atomic mass is 9.96. The molecule has 1 amide bonds. The predicted molar refractivity (Wildman–Crippen MR) is 127 cm³/mol. The fourth-order valence-corrected chi connectivity index (χ4v) is 5.00. The van der Waals surface area contributed by atoms with E-state index in [2.05, 4.69) is 24.1 Å². The van der Waals surface area contributed by atoms with Crippen LogP contribution in [0.15, 0.2) is 47.4 Å². The molecule has 0 bridgehead atoms. The van der Waals surface area contributed by atoms with Crippen LogP contribution in [0.4, 0.5) is 0 Å². The third kappa shape index (κ3) is 3.30. The average Bonchev–Trinajstić information content (AvgIpc) is 3.14. The molecule has 4 aromatic rings. The molecule has 0 aliphatic carbocycles. The molecule has 3 heterocycles. The number of nitrogens with zero attached hydrogens (tertiary/aromatic N) is 2. The summed E-state index contributed by atoms with van der Waals surface area (Å²) in [5, 5.41) is 4.81. The van der Waals surface area contributed by atoms with Crippen molar-refractivity contribution in [3.63, 3.8) is 0 Å². The maximum absolute atomic E-state index is 13.8. The van der Waals surface area contributed by atoms with Gasteiger partial charge in [-0.05, 0) is 55.0 Å². The van der Waals surface area contributed by atoms with Crippen molar-refractivity contribution in [3.05, 3.63) is 75.5 Å². The van der Waals surface area contributed by atoms with E-state index in [0.717, 1.165) is 39.5 Å². The van der Waals surface area contributed by atoms with E-state index in [9.17, 15) is 9.59 Å². The van der Waals surface area contributed by atoms with Gasteiger partial charge in [0.25, 0.3) is 5.56 Å². The zero-order valence-corrected chi connectivity index (χ0v) is 18.9. The van der Waals surface area contributed by atoms with E-state index >= 15 is 0 Å². The summed E-state index contributed by atoms with van der Waals surface area (Å²) in [5.74, 6) is 0.888. The SMILES string of the molecule is Cc1cc(C)c2nc3n(c(=O)c2c1)C(Cc1c[nH]c2ccccc12)C(=O)N[C@H]3CC(C)C. The zero-order chi connectivity index (χ0) is 22.6. The number of aryl methyl sites for hydroxylation is 2. The Bertz CT molecular complexity index is 1410. The number of fused-ring (bicyclic) bond motifs is 3. The first-order chi connectivity index (χ1) is 15.3. The second kappa shape index (κ2) is 7.62. The monoisotopic (exact) mass is 428 g/mol. The van der Waals surface area contributed by atoms with Crippen molar-refractivity contribution in [2.45, 2.75) is 52.6 Å². The molecule has 6 heteroatoms. The Hall–Kier alpha value is -3.41. The number of carbonyl (C=O) groups excluding carboxylic acids is 1. The quantitative estimate of drug-likeness (QED) is 0.502. The summed E-state index contributed by atoms with van der Waals surface area (Å²) in [6, 6.07) is 11.0. The van der Waals surface area contributed by atoms with Crippen molar-refractivity contribution in [2.24, 2.45) is 5.92 Å². The van der Waals surface area contributed by atoms with E-state index < -0.39 is 6.04 Å². The summed E-state index contributed by atoms with van der Waals surface area (Å²) in [4.78, 5) is 35.4. The summed E-state index contributed by atoms with van der Waals surface area (Å²) in [6.45, 7) is 8.19. The molecule has 2 aromatic heterocycles. The molecule has 0 fully saturated rings. The molecular weight excluding hydrogens is 400 g/mol. The van der Waals surface area contributed by atoms with Gasteiger partial charge in [-0.1, -0.05) is 38.1 Å². The standard InChI is InChI=1S/C26H28N4O2/c1-14(2)9-21-24-29-23-16(4)10-15(3)11-19(23)26(32)30(24)22(25(31)28-21)12-17-13-27-20-8-6-5-7-18(17)20/h5-8,10-11,13-14,21-22,27H,9,12H2,1-4H3,(H,28,31)/t21-,22?/m0/s1. The zero-order valence-electron chi connectivity index (χ0n) is 18.9. The molecule has 2 atom stereocenters. The summed E-state index contributed by atoms with van der Waals surface area (Å²) in [5.41, 5.74) is 4.62. The smallest absolute Gasteiger partial charge is 0.262 e. The van der Waals surface area contributed by atoms with Gasteiger partial charge in [0.2, 0.25) is 5.91 Å². The minimum absolute atomic E-state index is 0.124. The summed E-state index contributed by atoms with van der Waals surface area (Å²) in [6.07, 6.45) is 3.09. The molecule has 164 valence electrons. The number of rotatable bonds is 4. The Kier molecular flexibility index (Phi) is 4.88. The van der Waals surface area contributed by atoms with Crippen molar-refractivity contribution < 1.29 is 4.79 Å². The lowest BCUT2D eigenvalue weighted by Crippen LogP contribution is -2.48. The Balaban J connectivity index is 1.72. The highest BCUT2D eigenvalue weighted by Gasteiger charge is 2.36. The van der Waals surface area contributed by atoms with Crippen LogP contribution in [0.2, 0.25) is 0 Å². The van der Waals surface area contributed by atoms with Gasteiger partial charge >= 0.3 is 0 Å². The van der Waals surface area contributed by atoms with Crippen LogP contribution in [0.5, 0.6) is 0 Å². The van der Waals surface area contributed by atoms with Crippen molar-refractivity contribution >= 4 is 27.7 Å². The van der Waals surface area contributed by atoms with Crippen molar-refractivity contribution in [3.8, 4) is 0 Å². The van der Waals surface area contributed by atoms with Crippen LogP contribution in [0, 0.1) is 19.8 Å².